The minimum absolute atomic E-state index is 0.0623. The van der Waals surface area contributed by atoms with Gasteiger partial charge in [0.15, 0.2) is 4.96 Å². The number of amides is 1. The minimum atomic E-state index is 0.0623. The number of hydrogen-bond acceptors (Lipinski definition) is 5. The highest BCUT2D eigenvalue weighted by Crippen LogP contribution is 2.24. The first-order chi connectivity index (χ1) is 13.7. The molecule has 0 radical (unpaired) electrons. The summed E-state index contributed by atoms with van der Waals surface area (Å²) < 4.78 is 7.39. The molecule has 28 heavy (non-hydrogen) atoms. The summed E-state index contributed by atoms with van der Waals surface area (Å²) in [4.78, 5) is 20.4. The summed E-state index contributed by atoms with van der Waals surface area (Å²) in [5.74, 6) is 0.0623. The van der Waals surface area contributed by atoms with Crippen LogP contribution in [-0.2, 0) is 16.0 Å². The Kier molecular flexibility index (Phi) is 6.04. The molecule has 1 aliphatic rings. The Balaban J connectivity index is 1.31. The lowest BCUT2D eigenvalue weighted by Gasteiger charge is -2.26. The molecule has 2 aromatic heterocycles. The lowest BCUT2D eigenvalue weighted by atomic mass is 10.1. The number of carbonyl (C=O) groups is 1. The van der Waals surface area contributed by atoms with E-state index in [1.54, 1.807) is 11.3 Å². The number of fused-ring (bicyclic) bond motifs is 1. The van der Waals surface area contributed by atoms with Gasteiger partial charge in [0.05, 0.1) is 25.3 Å². The highest BCUT2D eigenvalue weighted by molar-refractivity contribution is 7.15. The smallest absolute Gasteiger partial charge is 0.225 e. The van der Waals surface area contributed by atoms with E-state index < -0.39 is 0 Å². The maximum Gasteiger partial charge on any atom is 0.225 e. The zero-order chi connectivity index (χ0) is 19.3. The quantitative estimate of drug-likeness (QED) is 0.622. The molecule has 0 unspecified atom stereocenters. The number of morpholine rings is 1. The molecule has 1 amide bonds. The predicted molar refractivity (Wildman–Crippen MR) is 112 cm³/mol. The van der Waals surface area contributed by atoms with E-state index in [1.807, 2.05) is 16.0 Å². The predicted octanol–water partition coefficient (Wildman–Crippen LogP) is 2.75. The molecule has 6 nitrogen and oxygen atoms in total. The van der Waals surface area contributed by atoms with Crippen molar-refractivity contribution in [2.75, 3.05) is 39.4 Å². The Morgan fingerprint density at radius 2 is 2.04 bits per heavy atom. The van der Waals surface area contributed by atoms with Crippen molar-refractivity contribution in [3.05, 3.63) is 47.1 Å². The van der Waals surface area contributed by atoms with Crippen molar-refractivity contribution < 1.29 is 9.53 Å². The third-order valence-corrected chi connectivity index (χ3v) is 5.94. The van der Waals surface area contributed by atoms with Gasteiger partial charge in [-0.15, -0.1) is 11.3 Å². The fourth-order valence-corrected chi connectivity index (χ4v) is 4.28. The first-order valence-electron chi connectivity index (χ1n) is 9.78. The molecule has 0 bridgehead atoms. The molecule has 0 atom stereocenters. The molecular formula is C21H26N4O2S. The zero-order valence-corrected chi connectivity index (χ0v) is 17.0. The van der Waals surface area contributed by atoms with E-state index in [2.05, 4.69) is 41.4 Å². The van der Waals surface area contributed by atoms with E-state index in [9.17, 15) is 4.79 Å². The standard InChI is InChI=1S/C21H26N4O2S/c1-16-3-5-17(6-4-16)19-14-25-18(15-28-21(25)23-19)13-20(26)22-7-2-8-24-9-11-27-12-10-24/h3-6,14-15H,2,7-13H2,1H3,(H,22,26). The summed E-state index contributed by atoms with van der Waals surface area (Å²) in [5.41, 5.74) is 4.26. The van der Waals surface area contributed by atoms with Crippen molar-refractivity contribution in [3.8, 4) is 11.3 Å². The van der Waals surface area contributed by atoms with Crippen molar-refractivity contribution in [1.29, 1.82) is 0 Å². The summed E-state index contributed by atoms with van der Waals surface area (Å²) >= 11 is 1.58. The van der Waals surface area contributed by atoms with Crippen LogP contribution in [-0.4, -0.2) is 59.6 Å². The molecule has 7 heteroatoms. The fourth-order valence-electron chi connectivity index (χ4n) is 3.40. The number of ether oxygens (including phenoxy) is 1. The Morgan fingerprint density at radius 1 is 1.25 bits per heavy atom. The normalized spacial score (nSPS) is 15.2. The Bertz CT molecular complexity index is 926. The molecule has 1 N–H and O–H groups in total. The lowest BCUT2D eigenvalue weighted by Crippen LogP contribution is -2.38. The van der Waals surface area contributed by atoms with E-state index in [1.165, 1.54) is 5.56 Å². The molecule has 1 aromatic carbocycles. The van der Waals surface area contributed by atoms with Crippen LogP contribution in [0.4, 0.5) is 0 Å². The third kappa shape index (κ3) is 4.60. The zero-order valence-electron chi connectivity index (χ0n) is 16.2. The van der Waals surface area contributed by atoms with Crippen molar-refractivity contribution in [1.82, 2.24) is 19.6 Å². The van der Waals surface area contributed by atoms with Gasteiger partial charge in [-0.05, 0) is 19.9 Å². The maximum atomic E-state index is 12.3. The van der Waals surface area contributed by atoms with Gasteiger partial charge >= 0.3 is 0 Å². The van der Waals surface area contributed by atoms with Gasteiger partial charge in [-0.25, -0.2) is 4.98 Å². The number of aromatic nitrogens is 2. The highest BCUT2D eigenvalue weighted by atomic mass is 32.1. The second-order valence-corrected chi connectivity index (χ2v) is 8.04. The molecular weight excluding hydrogens is 372 g/mol. The Labute approximate surface area is 169 Å². The summed E-state index contributed by atoms with van der Waals surface area (Å²) in [6.07, 6.45) is 3.37. The van der Waals surface area contributed by atoms with Crippen molar-refractivity contribution >= 4 is 22.2 Å². The molecule has 0 aliphatic carbocycles. The largest absolute Gasteiger partial charge is 0.379 e. The van der Waals surface area contributed by atoms with Gasteiger partial charge in [-0.1, -0.05) is 29.8 Å². The molecule has 1 saturated heterocycles. The van der Waals surface area contributed by atoms with Crippen LogP contribution in [0.1, 0.15) is 17.7 Å². The van der Waals surface area contributed by atoms with Crippen molar-refractivity contribution in [2.24, 2.45) is 0 Å². The average Bonchev–Trinajstić information content (AvgIpc) is 3.29. The molecule has 1 fully saturated rings. The van der Waals surface area contributed by atoms with Gasteiger partial charge in [-0.3, -0.25) is 14.1 Å². The summed E-state index contributed by atoms with van der Waals surface area (Å²) in [7, 11) is 0. The number of nitrogens with zero attached hydrogens (tertiary/aromatic N) is 3. The summed E-state index contributed by atoms with van der Waals surface area (Å²) in [6, 6.07) is 8.35. The summed E-state index contributed by atoms with van der Waals surface area (Å²) in [6.45, 7) is 7.41. The molecule has 1 aliphatic heterocycles. The summed E-state index contributed by atoms with van der Waals surface area (Å²) in [5, 5.41) is 5.07. The lowest BCUT2D eigenvalue weighted by molar-refractivity contribution is -0.120. The third-order valence-electron chi connectivity index (χ3n) is 5.05. The minimum Gasteiger partial charge on any atom is -0.379 e. The average molecular weight is 399 g/mol. The molecule has 3 heterocycles. The van der Waals surface area contributed by atoms with Crippen LogP contribution in [0, 0.1) is 6.92 Å². The van der Waals surface area contributed by atoms with Crippen LogP contribution in [0.3, 0.4) is 0 Å². The second-order valence-electron chi connectivity index (χ2n) is 7.21. The van der Waals surface area contributed by atoms with Crippen molar-refractivity contribution in [2.45, 2.75) is 19.8 Å². The van der Waals surface area contributed by atoms with Gasteiger partial charge in [0.1, 0.15) is 0 Å². The number of rotatable bonds is 7. The van der Waals surface area contributed by atoms with Crippen LogP contribution in [0.2, 0.25) is 0 Å². The van der Waals surface area contributed by atoms with Gasteiger partial charge in [0.2, 0.25) is 5.91 Å². The number of benzene rings is 1. The van der Waals surface area contributed by atoms with Gasteiger partial charge in [0.25, 0.3) is 0 Å². The van der Waals surface area contributed by atoms with E-state index >= 15 is 0 Å². The van der Waals surface area contributed by atoms with E-state index in [-0.39, 0.29) is 5.91 Å². The molecule has 0 spiro atoms. The van der Waals surface area contributed by atoms with Crippen LogP contribution in [0.15, 0.2) is 35.8 Å². The number of imidazole rings is 1. The topological polar surface area (TPSA) is 58.9 Å². The van der Waals surface area contributed by atoms with Crippen LogP contribution < -0.4 is 5.32 Å². The molecule has 0 saturated carbocycles. The van der Waals surface area contributed by atoms with E-state index in [4.69, 9.17) is 9.72 Å². The van der Waals surface area contributed by atoms with Gasteiger partial charge in [0, 0.05) is 42.5 Å². The number of hydrogen-bond donors (Lipinski definition) is 1. The number of aryl methyl sites for hydroxylation is 1. The second kappa shape index (κ2) is 8.86. The van der Waals surface area contributed by atoms with Crippen LogP contribution in [0.5, 0.6) is 0 Å². The van der Waals surface area contributed by atoms with Crippen LogP contribution in [0.25, 0.3) is 16.2 Å². The first kappa shape index (κ1) is 19.1. The number of nitrogens with one attached hydrogen (secondary N) is 1. The SMILES string of the molecule is Cc1ccc(-c2cn3c(CC(=O)NCCCN4CCOCC4)csc3n2)cc1. The Hall–Kier alpha value is -2.22. The van der Waals surface area contributed by atoms with Crippen LogP contribution >= 0.6 is 11.3 Å². The van der Waals surface area contributed by atoms with Crippen molar-refractivity contribution in [3.63, 3.8) is 0 Å². The molecule has 3 aromatic rings. The maximum absolute atomic E-state index is 12.3. The van der Waals surface area contributed by atoms with Gasteiger partial charge in [-0.2, -0.15) is 0 Å². The number of thiazole rings is 1. The molecule has 148 valence electrons. The van der Waals surface area contributed by atoms with Gasteiger partial charge < -0.3 is 10.1 Å². The number of carbonyl (C=O) groups excluding carboxylic acids is 1. The van der Waals surface area contributed by atoms with E-state index in [0.29, 0.717) is 13.0 Å². The first-order valence-corrected chi connectivity index (χ1v) is 10.7. The molecule has 4 rings (SSSR count). The Morgan fingerprint density at radius 3 is 2.82 bits per heavy atom. The van der Waals surface area contributed by atoms with E-state index in [0.717, 1.165) is 61.2 Å². The highest BCUT2D eigenvalue weighted by Gasteiger charge is 2.13. The monoisotopic (exact) mass is 398 g/mol. The fraction of sp³-hybridized carbons (Fsp3) is 0.429.